The van der Waals surface area contributed by atoms with Crippen molar-refractivity contribution in [3.05, 3.63) is 17.2 Å². The van der Waals surface area contributed by atoms with Gasteiger partial charge in [-0.1, -0.05) is 0 Å². The molecule has 0 spiro atoms. The summed E-state index contributed by atoms with van der Waals surface area (Å²) < 4.78 is 0.700. The number of carbonyl (C=O) groups excluding carboxylic acids is 1. The minimum atomic E-state index is -0.634. The molecule has 0 aromatic carbocycles. The van der Waals surface area contributed by atoms with Crippen LogP contribution in [0, 0.1) is 10.8 Å². The molecule has 1 fully saturated rings. The highest BCUT2D eigenvalue weighted by Gasteiger charge is 2.20. The van der Waals surface area contributed by atoms with Crippen molar-refractivity contribution in [3.8, 4) is 0 Å². The van der Waals surface area contributed by atoms with Crippen LogP contribution < -0.4 is 16.0 Å². The van der Waals surface area contributed by atoms with Gasteiger partial charge in [-0.25, -0.2) is 0 Å². The fourth-order valence-electron chi connectivity index (χ4n) is 1.82. The summed E-state index contributed by atoms with van der Waals surface area (Å²) in [5.41, 5.74) is -0.959. The Kier molecular flexibility index (Phi) is 2.62. The van der Waals surface area contributed by atoms with E-state index >= 15 is 0 Å². The van der Waals surface area contributed by atoms with Crippen molar-refractivity contribution in [3.63, 3.8) is 0 Å². The Bertz CT molecular complexity index is 573. The average Bonchev–Trinajstić information content (AvgIpc) is 2.31. The third kappa shape index (κ3) is 1.88. The molecule has 0 unspecified atom stereocenters. The van der Waals surface area contributed by atoms with Crippen molar-refractivity contribution in [2.24, 2.45) is 0 Å². The van der Waals surface area contributed by atoms with Crippen LogP contribution in [0.1, 0.15) is 12.8 Å². The molecule has 1 aliphatic rings. The SMILES string of the molecule is N=c1cc(N2CCCC(=O)C2)n(O)c(=N)n1O. The third-order valence-corrected chi connectivity index (χ3v) is 2.69. The van der Waals surface area contributed by atoms with Gasteiger partial charge in [-0.3, -0.25) is 15.6 Å². The number of hydrogen-bond acceptors (Lipinski definition) is 6. The Morgan fingerprint density at radius 3 is 2.59 bits per heavy atom. The molecule has 8 nitrogen and oxygen atoms in total. The summed E-state index contributed by atoms with van der Waals surface area (Å²) in [5.74, 6) is 0.216. The highest BCUT2D eigenvalue weighted by atomic mass is 16.5. The Hall–Kier alpha value is -2.25. The summed E-state index contributed by atoms with van der Waals surface area (Å²) in [6.07, 6.45) is 1.18. The van der Waals surface area contributed by atoms with Gasteiger partial charge in [-0.15, -0.1) is 9.46 Å². The topological polar surface area (TPSA) is 118 Å². The summed E-state index contributed by atoms with van der Waals surface area (Å²) in [7, 11) is 0. The quantitative estimate of drug-likeness (QED) is 0.465. The molecule has 4 N–H and O–H groups in total. The lowest BCUT2D eigenvalue weighted by molar-refractivity contribution is -0.118. The van der Waals surface area contributed by atoms with E-state index in [1.165, 1.54) is 6.07 Å². The average molecular weight is 239 g/mol. The van der Waals surface area contributed by atoms with Crippen molar-refractivity contribution in [2.75, 3.05) is 18.0 Å². The van der Waals surface area contributed by atoms with E-state index in [4.69, 9.17) is 10.8 Å². The molecule has 0 amide bonds. The number of aromatic nitrogens is 2. The normalized spacial score (nSPS) is 16.2. The number of hydrogen-bond donors (Lipinski definition) is 4. The molecular formula is C9H13N5O3. The summed E-state index contributed by atoms with van der Waals surface area (Å²) in [6.45, 7) is 0.718. The van der Waals surface area contributed by atoms with Gasteiger partial charge in [-0.2, -0.15) is 0 Å². The lowest BCUT2D eigenvalue weighted by Crippen LogP contribution is -2.44. The minimum absolute atomic E-state index is 0.0510. The van der Waals surface area contributed by atoms with Crippen molar-refractivity contribution >= 4 is 11.6 Å². The maximum atomic E-state index is 11.3. The van der Waals surface area contributed by atoms with Crippen molar-refractivity contribution in [1.82, 2.24) is 9.46 Å². The molecule has 1 aromatic rings. The molecule has 1 saturated heterocycles. The van der Waals surface area contributed by atoms with Crippen molar-refractivity contribution in [2.45, 2.75) is 12.8 Å². The fraction of sp³-hybridized carbons (Fsp3) is 0.444. The summed E-state index contributed by atoms with van der Waals surface area (Å²) in [5, 5.41) is 33.7. The first kappa shape index (κ1) is 11.2. The zero-order valence-corrected chi connectivity index (χ0v) is 9.05. The lowest BCUT2D eigenvalue weighted by atomic mass is 10.1. The minimum Gasteiger partial charge on any atom is -0.423 e. The number of anilines is 1. The number of carbonyl (C=O) groups is 1. The van der Waals surface area contributed by atoms with Crippen LogP contribution in [0.2, 0.25) is 0 Å². The number of Topliss-reactive ketones (excluding diaryl/α,β-unsaturated/α-hetero) is 1. The molecule has 2 rings (SSSR count). The van der Waals surface area contributed by atoms with Gasteiger partial charge in [0.1, 0.15) is 0 Å². The van der Waals surface area contributed by atoms with Crippen molar-refractivity contribution < 1.29 is 15.2 Å². The van der Waals surface area contributed by atoms with E-state index in [0.29, 0.717) is 24.1 Å². The molecule has 8 heteroatoms. The molecule has 17 heavy (non-hydrogen) atoms. The van der Waals surface area contributed by atoms with Crippen LogP contribution in [0.25, 0.3) is 0 Å². The van der Waals surface area contributed by atoms with Gasteiger partial charge < -0.3 is 15.3 Å². The first-order valence-corrected chi connectivity index (χ1v) is 5.14. The summed E-state index contributed by atoms with van der Waals surface area (Å²) in [6, 6.07) is 1.20. The molecule has 1 aromatic heterocycles. The highest BCUT2D eigenvalue weighted by Crippen LogP contribution is 2.14. The van der Waals surface area contributed by atoms with Gasteiger partial charge >= 0.3 is 0 Å². The van der Waals surface area contributed by atoms with Crippen LogP contribution in [0.4, 0.5) is 5.82 Å². The van der Waals surface area contributed by atoms with Crippen LogP contribution in [-0.2, 0) is 4.79 Å². The number of rotatable bonds is 1. The second-order valence-electron chi connectivity index (χ2n) is 3.90. The fourth-order valence-corrected chi connectivity index (χ4v) is 1.82. The van der Waals surface area contributed by atoms with Crippen LogP contribution in [0.5, 0.6) is 0 Å². The van der Waals surface area contributed by atoms with Gasteiger partial charge in [0.2, 0.25) is 0 Å². The molecule has 2 heterocycles. The first-order chi connectivity index (χ1) is 8.00. The van der Waals surface area contributed by atoms with E-state index in [9.17, 15) is 15.2 Å². The van der Waals surface area contributed by atoms with E-state index in [1.807, 2.05) is 0 Å². The second kappa shape index (κ2) is 3.96. The Morgan fingerprint density at radius 1 is 1.24 bits per heavy atom. The molecule has 0 saturated carbocycles. The van der Waals surface area contributed by atoms with Crippen LogP contribution in [0.15, 0.2) is 6.07 Å². The zero-order chi connectivity index (χ0) is 12.6. The molecule has 0 bridgehead atoms. The Morgan fingerprint density at radius 2 is 1.94 bits per heavy atom. The van der Waals surface area contributed by atoms with E-state index < -0.39 is 5.62 Å². The monoisotopic (exact) mass is 239 g/mol. The highest BCUT2D eigenvalue weighted by molar-refractivity contribution is 5.84. The molecule has 0 aliphatic carbocycles. The van der Waals surface area contributed by atoms with Crippen LogP contribution in [0.3, 0.4) is 0 Å². The first-order valence-electron chi connectivity index (χ1n) is 5.14. The summed E-state index contributed by atoms with van der Waals surface area (Å²) >= 11 is 0. The standard InChI is InChI=1S/C9H13N5O3/c10-7-4-8(14(17)9(11)13(7)16)12-3-1-2-6(15)5-12/h4,10-11,16-17H,1-3,5H2. The molecule has 92 valence electrons. The summed E-state index contributed by atoms with van der Waals surface area (Å²) in [4.78, 5) is 12.9. The molecule has 1 aliphatic heterocycles. The van der Waals surface area contributed by atoms with Gasteiger partial charge in [0, 0.05) is 19.0 Å². The molecular weight excluding hydrogens is 226 g/mol. The lowest BCUT2D eigenvalue weighted by Gasteiger charge is -2.28. The maximum absolute atomic E-state index is 11.3. The Balaban J connectivity index is 2.49. The number of piperidine rings is 1. The smallest absolute Gasteiger partial charge is 0.273 e. The van der Waals surface area contributed by atoms with E-state index in [1.54, 1.807) is 4.90 Å². The van der Waals surface area contributed by atoms with E-state index in [-0.39, 0.29) is 28.4 Å². The number of nitrogens with zero attached hydrogens (tertiary/aromatic N) is 3. The van der Waals surface area contributed by atoms with Crippen LogP contribution in [-0.4, -0.2) is 38.7 Å². The maximum Gasteiger partial charge on any atom is 0.273 e. The third-order valence-electron chi connectivity index (χ3n) is 2.69. The van der Waals surface area contributed by atoms with Gasteiger partial charge in [0.25, 0.3) is 5.62 Å². The number of nitrogens with one attached hydrogen (secondary N) is 2. The zero-order valence-electron chi connectivity index (χ0n) is 9.05. The second-order valence-corrected chi connectivity index (χ2v) is 3.90. The van der Waals surface area contributed by atoms with Gasteiger partial charge in [-0.05, 0) is 6.42 Å². The predicted octanol–water partition coefficient (Wildman–Crippen LogP) is -1.11. The van der Waals surface area contributed by atoms with E-state index in [0.717, 1.165) is 0 Å². The van der Waals surface area contributed by atoms with Gasteiger partial charge in [0.15, 0.2) is 17.1 Å². The van der Waals surface area contributed by atoms with Crippen molar-refractivity contribution in [1.29, 1.82) is 10.8 Å². The predicted molar refractivity (Wildman–Crippen MR) is 55.0 cm³/mol. The van der Waals surface area contributed by atoms with Gasteiger partial charge in [0.05, 0.1) is 6.54 Å². The molecule has 0 atom stereocenters. The number of ketones is 1. The van der Waals surface area contributed by atoms with E-state index in [2.05, 4.69) is 0 Å². The largest absolute Gasteiger partial charge is 0.423 e. The van der Waals surface area contributed by atoms with Crippen LogP contribution >= 0.6 is 0 Å². The Labute approximate surface area is 95.9 Å². The molecule has 0 radical (unpaired) electrons.